The van der Waals surface area contributed by atoms with Crippen molar-refractivity contribution in [2.75, 3.05) is 14.2 Å². The van der Waals surface area contributed by atoms with E-state index >= 15 is 0 Å². The second kappa shape index (κ2) is 6.44. The number of rotatable bonds is 6. The van der Waals surface area contributed by atoms with Gasteiger partial charge in [-0.3, -0.25) is 0 Å². The van der Waals surface area contributed by atoms with E-state index in [1.165, 1.54) is 0 Å². The number of hydrogen-bond acceptors (Lipinski definition) is 4. The standard InChI is InChI=1S/C15H21NO3/c1-5-12(10-16)15(2,17)9-11-6-7-13(18-3)14(8-11)19-4/h6-8,12,17H,5,9H2,1-4H3. The Morgan fingerprint density at radius 3 is 2.42 bits per heavy atom. The molecule has 0 bridgehead atoms. The van der Waals surface area contributed by atoms with Crippen molar-refractivity contribution in [3.8, 4) is 17.6 Å². The molecule has 0 radical (unpaired) electrons. The lowest BCUT2D eigenvalue weighted by Crippen LogP contribution is -2.35. The normalized spacial score (nSPS) is 15.2. The maximum Gasteiger partial charge on any atom is 0.160 e. The SMILES string of the molecule is CCC(C#N)C(C)(O)Cc1ccc(OC)c(OC)c1. The summed E-state index contributed by atoms with van der Waals surface area (Å²) >= 11 is 0. The fraction of sp³-hybridized carbons (Fsp3) is 0.533. The first-order chi connectivity index (χ1) is 8.98. The Balaban J connectivity index is 2.97. The first-order valence-corrected chi connectivity index (χ1v) is 6.31. The molecule has 1 aromatic rings. The van der Waals surface area contributed by atoms with E-state index in [4.69, 9.17) is 14.7 Å². The van der Waals surface area contributed by atoms with Crippen LogP contribution in [0.3, 0.4) is 0 Å². The molecule has 0 aliphatic carbocycles. The monoisotopic (exact) mass is 263 g/mol. The van der Waals surface area contributed by atoms with Crippen LogP contribution in [0.1, 0.15) is 25.8 Å². The third-order valence-corrected chi connectivity index (χ3v) is 3.32. The molecule has 19 heavy (non-hydrogen) atoms. The van der Waals surface area contributed by atoms with Crippen LogP contribution in [0.25, 0.3) is 0 Å². The first kappa shape index (κ1) is 15.3. The van der Waals surface area contributed by atoms with Crippen LogP contribution in [0.2, 0.25) is 0 Å². The fourth-order valence-electron chi connectivity index (χ4n) is 2.20. The van der Waals surface area contributed by atoms with Crippen molar-refractivity contribution >= 4 is 0 Å². The summed E-state index contributed by atoms with van der Waals surface area (Å²) in [5.74, 6) is 0.889. The second-order valence-corrected chi connectivity index (χ2v) is 4.81. The molecule has 0 amide bonds. The maximum atomic E-state index is 10.4. The highest BCUT2D eigenvalue weighted by Crippen LogP contribution is 2.31. The highest BCUT2D eigenvalue weighted by molar-refractivity contribution is 5.43. The van der Waals surface area contributed by atoms with Crippen LogP contribution in [0, 0.1) is 17.2 Å². The Bertz CT molecular complexity index is 463. The summed E-state index contributed by atoms with van der Waals surface area (Å²) in [6.45, 7) is 3.60. The van der Waals surface area contributed by atoms with Gasteiger partial charge in [-0.05, 0) is 31.0 Å². The van der Waals surface area contributed by atoms with Crippen molar-refractivity contribution in [3.63, 3.8) is 0 Å². The zero-order chi connectivity index (χ0) is 14.5. The molecule has 0 aliphatic rings. The Kier molecular flexibility index (Phi) is 5.20. The van der Waals surface area contributed by atoms with Crippen LogP contribution >= 0.6 is 0 Å². The van der Waals surface area contributed by atoms with Gasteiger partial charge in [0, 0.05) is 6.42 Å². The Morgan fingerprint density at radius 2 is 1.95 bits per heavy atom. The highest BCUT2D eigenvalue weighted by Gasteiger charge is 2.31. The van der Waals surface area contributed by atoms with Gasteiger partial charge < -0.3 is 14.6 Å². The predicted octanol–water partition coefficient (Wildman–Crippen LogP) is 2.55. The van der Waals surface area contributed by atoms with Crippen molar-refractivity contribution in [3.05, 3.63) is 23.8 Å². The molecule has 4 heteroatoms. The summed E-state index contributed by atoms with van der Waals surface area (Å²) in [7, 11) is 3.15. The number of nitrogens with zero attached hydrogens (tertiary/aromatic N) is 1. The van der Waals surface area contributed by atoms with Gasteiger partial charge in [0.1, 0.15) is 0 Å². The number of nitriles is 1. The Morgan fingerprint density at radius 1 is 1.32 bits per heavy atom. The third kappa shape index (κ3) is 3.62. The van der Waals surface area contributed by atoms with Crippen LogP contribution in [-0.2, 0) is 6.42 Å². The van der Waals surface area contributed by atoms with Gasteiger partial charge in [-0.1, -0.05) is 13.0 Å². The first-order valence-electron chi connectivity index (χ1n) is 6.31. The minimum atomic E-state index is -1.05. The van der Waals surface area contributed by atoms with Gasteiger partial charge in [0.2, 0.25) is 0 Å². The maximum absolute atomic E-state index is 10.4. The fourth-order valence-corrected chi connectivity index (χ4v) is 2.20. The molecule has 4 nitrogen and oxygen atoms in total. The van der Waals surface area contributed by atoms with Gasteiger partial charge in [-0.15, -0.1) is 0 Å². The molecule has 0 aromatic heterocycles. The minimum Gasteiger partial charge on any atom is -0.493 e. The molecule has 1 rings (SSSR count). The van der Waals surface area contributed by atoms with E-state index in [1.54, 1.807) is 27.2 Å². The minimum absolute atomic E-state index is 0.388. The summed E-state index contributed by atoms with van der Waals surface area (Å²) in [5, 5.41) is 19.5. The lowest BCUT2D eigenvalue weighted by atomic mass is 9.83. The largest absolute Gasteiger partial charge is 0.493 e. The molecule has 0 saturated heterocycles. The van der Waals surface area contributed by atoms with Crippen molar-refractivity contribution in [1.82, 2.24) is 0 Å². The van der Waals surface area contributed by atoms with Gasteiger partial charge in [0.15, 0.2) is 11.5 Å². The number of hydrogen-bond donors (Lipinski definition) is 1. The van der Waals surface area contributed by atoms with E-state index in [9.17, 15) is 5.11 Å². The van der Waals surface area contributed by atoms with Crippen LogP contribution in [0.4, 0.5) is 0 Å². The van der Waals surface area contributed by atoms with Gasteiger partial charge in [0.25, 0.3) is 0 Å². The molecular formula is C15H21NO3. The zero-order valence-corrected chi connectivity index (χ0v) is 11.9. The number of ether oxygens (including phenoxy) is 2. The molecular weight excluding hydrogens is 242 g/mol. The second-order valence-electron chi connectivity index (χ2n) is 4.81. The number of aliphatic hydroxyl groups is 1. The number of benzene rings is 1. The summed E-state index contributed by atoms with van der Waals surface area (Å²) in [5.41, 5.74) is -0.139. The van der Waals surface area contributed by atoms with Gasteiger partial charge in [-0.25, -0.2) is 0 Å². The summed E-state index contributed by atoms with van der Waals surface area (Å²) in [6.07, 6.45) is 1.02. The Labute approximate surface area is 114 Å². The van der Waals surface area contributed by atoms with Crippen molar-refractivity contribution in [2.24, 2.45) is 5.92 Å². The summed E-state index contributed by atoms with van der Waals surface area (Å²) in [6, 6.07) is 7.67. The van der Waals surface area contributed by atoms with Gasteiger partial charge >= 0.3 is 0 Å². The summed E-state index contributed by atoms with van der Waals surface area (Å²) in [4.78, 5) is 0. The van der Waals surface area contributed by atoms with Crippen LogP contribution in [0.5, 0.6) is 11.5 Å². The van der Waals surface area contributed by atoms with E-state index in [-0.39, 0.29) is 5.92 Å². The Hall–Kier alpha value is -1.73. The molecule has 1 N–H and O–H groups in total. The molecule has 104 valence electrons. The molecule has 2 unspecified atom stereocenters. The molecule has 0 heterocycles. The predicted molar refractivity (Wildman–Crippen MR) is 73.3 cm³/mol. The number of methoxy groups -OCH3 is 2. The lowest BCUT2D eigenvalue weighted by Gasteiger charge is -2.27. The molecule has 0 fully saturated rings. The topological polar surface area (TPSA) is 62.5 Å². The molecule has 1 aromatic carbocycles. The molecule has 0 saturated carbocycles. The highest BCUT2D eigenvalue weighted by atomic mass is 16.5. The van der Waals surface area contributed by atoms with Crippen molar-refractivity contribution in [2.45, 2.75) is 32.3 Å². The van der Waals surface area contributed by atoms with E-state index in [1.807, 2.05) is 19.1 Å². The van der Waals surface area contributed by atoms with E-state index < -0.39 is 5.60 Å². The average Bonchev–Trinajstić information content (AvgIpc) is 2.39. The van der Waals surface area contributed by atoms with Crippen molar-refractivity contribution < 1.29 is 14.6 Å². The van der Waals surface area contributed by atoms with Crippen molar-refractivity contribution in [1.29, 1.82) is 5.26 Å². The van der Waals surface area contributed by atoms with Gasteiger partial charge in [-0.2, -0.15) is 5.26 Å². The van der Waals surface area contributed by atoms with Crippen LogP contribution < -0.4 is 9.47 Å². The van der Waals surface area contributed by atoms with E-state index in [0.29, 0.717) is 24.3 Å². The quantitative estimate of drug-likeness (QED) is 0.856. The van der Waals surface area contributed by atoms with E-state index in [2.05, 4.69) is 6.07 Å². The zero-order valence-electron chi connectivity index (χ0n) is 11.9. The smallest absolute Gasteiger partial charge is 0.160 e. The van der Waals surface area contributed by atoms with E-state index in [0.717, 1.165) is 5.56 Å². The average molecular weight is 263 g/mol. The van der Waals surface area contributed by atoms with Crippen LogP contribution in [0.15, 0.2) is 18.2 Å². The van der Waals surface area contributed by atoms with Gasteiger partial charge in [0.05, 0.1) is 31.8 Å². The third-order valence-electron chi connectivity index (χ3n) is 3.32. The molecule has 2 atom stereocenters. The molecule has 0 aliphatic heterocycles. The summed E-state index contributed by atoms with van der Waals surface area (Å²) < 4.78 is 10.4. The lowest BCUT2D eigenvalue weighted by molar-refractivity contribution is 0.0198. The van der Waals surface area contributed by atoms with Crippen LogP contribution in [-0.4, -0.2) is 24.9 Å². The molecule has 0 spiro atoms.